The Morgan fingerprint density at radius 1 is 0.703 bits per heavy atom. The zero-order valence-corrected chi connectivity index (χ0v) is 23.3. The highest BCUT2D eigenvalue weighted by molar-refractivity contribution is 5.66. The topological polar surface area (TPSA) is 3.24 Å². The lowest BCUT2D eigenvalue weighted by atomic mass is 9.52. The Labute approximate surface area is 225 Å². The summed E-state index contributed by atoms with van der Waals surface area (Å²) in [5, 5.41) is 0. The van der Waals surface area contributed by atoms with E-state index in [9.17, 15) is 0 Å². The van der Waals surface area contributed by atoms with E-state index in [1.807, 2.05) is 0 Å². The third kappa shape index (κ3) is 5.57. The molecule has 1 heteroatoms. The molecule has 0 radical (unpaired) electrons. The summed E-state index contributed by atoms with van der Waals surface area (Å²) in [7, 11) is 0. The van der Waals surface area contributed by atoms with Crippen LogP contribution in [-0.2, 0) is 0 Å². The minimum atomic E-state index is 0.0126. The van der Waals surface area contributed by atoms with Crippen molar-refractivity contribution in [2.24, 2.45) is 10.8 Å². The first kappa shape index (κ1) is 25.8. The van der Waals surface area contributed by atoms with Crippen molar-refractivity contribution in [3.05, 3.63) is 108 Å². The number of para-hydroxylation sites is 2. The molecule has 0 aliphatic heterocycles. The van der Waals surface area contributed by atoms with E-state index < -0.39 is 0 Å². The number of hydrogen-bond donors (Lipinski definition) is 0. The molecule has 1 fully saturated rings. The first-order valence-corrected chi connectivity index (χ1v) is 14.6. The first-order chi connectivity index (χ1) is 18.0. The Kier molecular flexibility index (Phi) is 7.61. The molecule has 37 heavy (non-hydrogen) atoms. The van der Waals surface area contributed by atoms with Crippen molar-refractivity contribution >= 4 is 11.4 Å². The van der Waals surface area contributed by atoms with Crippen molar-refractivity contribution in [1.29, 1.82) is 0 Å². The summed E-state index contributed by atoms with van der Waals surface area (Å²) in [5.74, 6) is 0. The van der Waals surface area contributed by atoms with Gasteiger partial charge in [0, 0.05) is 16.9 Å². The summed E-state index contributed by atoms with van der Waals surface area (Å²) in [6.45, 7) is 7.56. The van der Waals surface area contributed by atoms with Gasteiger partial charge in [0.1, 0.15) is 0 Å². The molecule has 194 valence electrons. The second-order valence-corrected chi connectivity index (χ2v) is 12.4. The fraction of sp³-hybridized carbons (Fsp3) is 0.444. The summed E-state index contributed by atoms with van der Waals surface area (Å²) in [6, 6.07) is 22.4. The molecule has 0 N–H and O–H groups in total. The SMILES string of the molecule is CCC1(C)CC(C)(C2=CCCC=C2)CC(CCC2=CCCC=C2)(N(c2ccccc2)c2ccccc2)C1. The lowest BCUT2D eigenvalue weighted by Crippen LogP contribution is -2.57. The molecule has 2 aromatic carbocycles. The van der Waals surface area contributed by atoms with Gasteiger partial charge in [-0.1, -0.05) is 106 Å². The standard InChI is InChI=1S/C36H45N/c1-4-34(2)27-35(3,31-19-11-6-12-20-31)29-36(28-34,26-25-30-17-9-5-10-18-30)37(32-21-13-7-14-22-32)33-23-15-8-16-24-33/h7-9,11,13-24H,4-6,10,12,25-29H2,1-3H3. The molecule has 2 aromatic rings. The summed E-state index contributed by atoms with van der Waals surface area (Å²) in [5.41, 5.74) is 6.17. The number of anilines is 2. The molecule has 3 aliphatic rings. The van der Waals surface area contributed by atoms with Gasteiger partial charge in [-0.15, -0.1) is 0 Å². The highest BCUT2D eigenvalue weighted by Crippen LogP contribution is 2.60. The minimum Gasteiger partial charge on any atom is -0.335 e. The monoisotopic (exact) mass is 491 g/mol. The summed E-state index contributed by atoms with van der Waals surface area (Å²) in [6.07, 6.45) is 26.5. The molecule has 5 rings (SSSR count). The van der Waals surface area contributed by atoms with E-state index in [2.05, 4.69) is 123 Å². The Morgan fingerprint density at radius 3 is 1.86 bits per heavy atom. The van der Waals surface area contributed by atoms with Gasteiger partial charge in [0.2, 0.25) is 0 Å². The molecular formula is C36H45N. The molecule has 0 aromatic heterocycles. The van der Waals surface area contributed by atoms with Crippen molar-refractivity contribution in [3.8, 4) is 0 Å². The van der Waals surface area contributed by atoms with Gasteiger partial charge in [-0.3, -0.25) is 0 Å². The van der Waals surface area contributed by atoms with Crippen LogP contribution in [0.2, 0.25) is 0 Å². The van der Waals surface area contributed by atoms with Crippen LogP contribution in [0.4, 0.5) is 11.4 Å². The van der Waals surface area contributed by atoms with Gasteiger partial charge in [-0.2, -0.15) is 0 Å². The maximum absolute atomic E-state index is 2.75. The number of hydrogen-bond acceptors (Lipinski definition) is 1. The third-order valence-electron chi connectivity index (χ3n) is 9.29. The Hall–Kier alpha value is -2.80. The minimum absolute atomic E-state index is 0.0126. The predicted octanol–water partition coefficient (Wildman–Crippen LogP) is 10.5. The van der Waals surface area contributed by atoms with Gasteiger partial charge in [-0.25, -0.2) is 0 Å². The van der Waals surface area contributed by atoms with Gasteiger partial charge >= 0.3 is 0 Å². The van der Waals surface area contributed by atoms with Gasteiger partial charge in [0.05, 0.1) is 0 Å². The molecule has 1 nitrogen and oxygen atoms in total. The van der Waals surface area contributed by atoms with E-state index in [0.717, 1.165) is 12.8 Å². The third-order valence-corrected chi connectivity index (χ3v) is 9.29. The average molecular weight is 492 g/mol. The fourth-order valence-corrected chi connectivity index (χ4v) is 7.69. The van der Waals surface area contributed by atoms with E-state index in [-0.39, 0.29) is 16.4 Å². The fourth-order valence-electron chi connectivity index (χ4n) is 7.69. The van der Waals surface area contributed by atoms with Crippen LogP contribution in [0.15, 0.2) is 108 Å². The summed E-state index contributed by atoms with van der Waals surface area (Å²) >= 11 is 0. The molecule has 0 saturated heterocycles. The maximum Gasteiger partial charge on any atom is 0.0468 e. The quantitative estimate of drug-likeness (QED) is 0.355. The Balaban J connectivity index is 1.67. The van der Waals surface area contributed by atoms with Crippen LogP contribution in [0.3, 0.4) is 0 Å². The van der Waals surface area contributed by atoms with Gasteiger partial charge in [0.25, 0.3) is 0 Å². The van der Waals surface area contributed by atoms with Crippen molar-refractivity contribution in [2.75, 3.05) is 4.90 Å². The van der Waals surface area contributed by atoms with E-state index in [1.165, 1.54) is 68.3 Å². The van der Waals surface area contributed by atoms with Crippen LogP contribution < -0.4 is 4.90 Å². The molecular weight excluding hydrogens is 446 g/mol. The zero-order valence-electron chi connectivity index (χ0n) is 23.3. The van der Waals surface area contributed by atoms with Gasteiger partial charge in [0.15, 0.2) is 0 Å². The van der Waals surface area contributed by atoms with Gasteiger partial charge in [-0.05, 0) is 98.5 Å². The molecule has 0 spiro atoms. The number of benzene rings is 2. The Bertz CT molecular complexity index is 1130. The predicted molar refractivity (Wildman–Crippen MR) is 160 cm³/mol. The molecule has 3 unspecified atom stereocenters. The normalized spacial score (nSPS) is 29.5. The molecule has 1 saturated carbocycles. The van der Waals surface area contributed by atoms with Gasteiger partial charge < -0.3 is 4.90 Å². The molecule has 0 amide bonds. The van der Waals surface area contributed by atoms with E-state index in [4.69, 9.17) is 0 Å². The van der Waals surface area contributed by atoms with E-state index in [0.29, 0.717) is 0 Å². The van der Waals surface area contributed by atoms with Crippen LogP contribution in [0.5, 0.6) is 0 Å². The Morgan fingerprint density at radius 2 is 1.32 bits per heavy atom. The van der Waals surface area contributed by atoms with Crippen LogP contribution in [0.1, 0.15) is 85.0 Å². The zero-order chi connectivity index (χ0) is 25.8. The van der Waals surface area contributed by atoms with Crippen LogP contribution in [0.25, 0.3) is 0 Å². The highest BCUT2D eigenvalue weighted by atomic mass is 15.2. The lowest BCUT2D eigenvalue weighted by molar-refractivity contribution is 0.0413. The van der Waals surface area contributed by atoms with Crippen molar-refractivity contribution in [2.45, 2.75) is 90.5 Å². The largest absolute Gasteiger partial charge is 0.335 e. The number of rotatable bonds is 8. The van der Waals surface area contributed by atoms with Crippen molar-refractivity contribution < 1.29 is 0 Å². The van der Waals surface area contributed by atoms with E-state index >= 15 is 0 Å². The summed E-state index contributed by atoms with van der Waals surface area (Å²) < 4.78 is 0. The van der Waals surface area contributed by atoms with Crippen LogP contribution in [-0.4, -0.2) is 5.54 Å². The van der Waals surface area contributed by atoms with Crippen LogP contribution >= 0.6 is 0 Å². The van der Waals surface area contributed by atoms with Crippen LogP contribution in [0, 0.1) is 10.8 Å². The molecule has 0 heterocycles. The molecule has 3 atom stereocenters. The molecule has 0 bridgehead atoms. The lowest BCUT2D eigenvalue weighted by Gasteiger charge is -2.59. The highest BCUT2D eigenvalue weighted by Gasteiger charge is 2.54. The second kappa shape index (κ2) is 10.9. The summed E-state index contributed by atoms with van der Waals surface area (Å²) in [4.78, 5) is 2.75. The molecule has 3 aliphatic carbocycles. The second-order valence-electron chi connectivity index (χ2n) is 12.4. The maximum atomic E-state index is 2.75. The van der Waals surface area contributed by atoms with Crippen molar-refractivity contribution in [1.82, 2.24) is 0 Å². The number of nitrogens with zero attached hydrogens (tertiary/aromatic N) is 1. The van der Waals surface area contributed by atoms with E-state index in [1.54, 1.807) is 5.57 Å². The first-order valence-electron chi connectivity index (χ1n) is 14.6. The van der Waals surface area contributed by atoms with Crippen molar-refractivity contribution in [3.63, 3.8) is 0 Å². The average Bonchev–Trinajstić information content (AvgIpc) is 2.94. The smallest absolute Gasteiger partial charge is 0.0468 e. The number of allylic oxidation sites excluding steroid dienone is 8.